The zero-order valence-electron chi connectivity index (χ0n) is 11.9. The molecule has 1 aromatic carbocycles. The summed E-state index contributed by atoms with van der Waals surface area (Å²) < 4.78 is 5.70. The average Bonchev–Trinajstić information content (AvgIpc) is 2.47. The van der Waals surface area contributed by atoms with E-state index in [4.69, 9.17) is 4.74 Å². The predicted octanol–water partition coefficient (Wildman–Crippen LogP) is 4.42. The topological polar surface area (TPSA) is 39.2 Å². The van der Waals surface area contributed by atoms with Crippen molar-refractivity contribution in [3.8, 4) is 11.5 Å². The summed E-state index contributed by atoms with van der Waals surface area (Å²) in [5.41, 5.74) is 1.77. The van der Waals surface area contributed by atoms with Crippen molar-refractivity contribution in [1.29, 1.82) is 0 Å². The van der Waals surface area contributed by atoms with Crippen LogP contribution in [-0.4, -0.2) is 10.8 Å². The number of ether oxygens (including phenoxy) is 1. The van der Waals surface area contributed by atoms with Crippen molar-refractivity contribution in [3.63, 3.8) is 0 Å². The molecule has 0 bridgehead atoms. The van der Waals surface area contributed by atoms with Crippen molar-refractivity contribution in [2.24, 2.45) is 0 Å². The molecule has 2 rings (SSSR count). The van der Waals surface area contributed by atoms with E-state index in [9.17, 15) is 4.79 Å². The van der Waals surface area contributed by atoms with Crippen molar-refractivity contribution < 1.29 is 9.53 Å². The first-order valence-corrected chi connectivity index (χ1v) is 6.93. The molecule has 1 heterocycles. The smallest absolute Gasteiger partial charge is 0.178 e. The van der Waals surface area contributed by atoms with Crippen LogP contribution in [-0.2, 0) is 6.42 Å². The van der Waals surface area contributed by atoms with Gasteiger partial charge in [-0.25, -0.2) is 4.98 Å². The number of hydrogen-bond donors (Lipinski definition) is 0. The van der Waals surface area contributed by atoms with Gasteiger partial charge in [-0.2, -0.15) is 0 Å². The van der Waals surface area contributed by atoms with E-state index in [1.807, 2.05) is 12.1 Å². The number of aryl methyl sites for hydroxylation is 1. The molecule has 0 radical (unpaired) electrons. The third-order valence-electron chi connectivity index (χ3n) is 3.08. The minimum atomic E-state index is -0.0446. The van der Waals surface area contributed by atoms with Gasteiger partial charge in [0.1, 0.15) is 17.2 Å². The molecule has 2 aromatic rings. The summed E-state index contributed by atoms with van der Waals surface area (Å²) >= 11 is 0. The summed E-state index contributed by atoms with van der Waals surface area (Å²) in [6.07, 6.45) is 5.08. The molecule has 3 heteroatoms. The van der Waals surface area contributed by atoms with Crippen LogP contribution in [0.1, 0.15) is 42.7 Å². The second kappa shape index (κ2) is 6.85. The standard InChI is InChI=1S/C17H19NO2/c1-3-4-5-14-6-8-15(9-7-14)20-16-10-11-17(13(2)19)18-12-16/h6-12H,3-5H2,1-2H3. The van der Waals surface area contributed by atoms with Gasteiger partial charge in [-0.3, -0.25) is 4.79 Å². The van der Waals surface area contributed by atoms with Gasteiger partial charge in [-0.15, -0.1) is 0 Å². The van der Waals surface area contributed by atoms with Crippen LogP contribution in [0, 0.1) is 0 Å². The fourth-order valence-corrected chi connectivity index (χ4v) is 1.89. The van der Waals surface area contributed by atoms with Crippen LogP contribution in [0.25, 0.3) is 0 Å². The molecule has 20 heavy (non-hydrogen) atoms. The van der Waals surface area contributed by atoms with Crippen molar-refractivity contribution in [2.75, 3.05) is 0 Å². The molecule has 0 unspecified atom stereocenters. The van der Waals surface area contributed by atoms with Crippen molar-refractivity contribution in [2.45, 2.75) is 33.1 Å². The molecule has 0 atom stereocenters. The summed E-state index contributed by atoms with van der Waals surface area (Å²) in [5.74, 6) is 1.37. The average molecular weight is 269 g/mol. The van der Waals surface area contributed by atoms with Gasteiger partial charge in [0.2, 0.25) is 0 Å². The lowest BCUT2D eigenvalue weighted by atomic mass is 10.1. The summed E-state index contributed by atoms with van der Waals surface area (Å²) in [6, 6.07) is 11.5. The van der Waals surface area contributed by atoms with Gasteiger partial charge in [-0.05, 0) is 42.7 Å². The summed E-state index contributed by atoms with van der Waals surface area (Å²) in [5, 5.41) is 0. The molecule has 0 fully saturated rings. The number of nitrogens with zero attached hydrogens (tertiary/aromatic N) is 1. The fourth-order valence-electron chi connectivity index (χ4n) is 1.89. The molecule has 0 N–H and O–H groups in total. The molecule has 1 aromatic heterocycles. The van der Waals surface area contributed by atoms with Gasteiger partial charge in [0, 0.05) is 6.92 Å². The molecule has 0 aliphatic heterocycles. The van der Waals surface area contributed by atoms with Crippen LogP contribution in [0.4, 0.5) is 0 Å². The molecule has 0 saturated heterocycles. The van der Waals surface area contributed by atoms with Crippen LogP contribution in [0.2, 0.25) is 0 Å². The number of pyridine rings is 1. The molecule has 0 aliphatic carbocycles. The van der Waals surface area contributed by atoms with E-state index in [-0.39, 0.29) is 5.78 Å². The summed E-state index contributed by atoms with van der Waals surface area (Å²) in [7, 11) is 0. The van der Waals surface area contributed by atoms with Gasteiger partial charge in [0.25, 0.3) is 0 Å². The van der Waals surface area contributed by atoms with Crippen LogP contribution in [0.15, 0.2) is 42.6 Å². The minimum absolute atomic E-state index is 0.0446. The maximum absolute atomic E-state index is 11.1. The molecule has 0 aliphatic rings. The Kier molecular flexibility index (Phi) is 4.88. The predicted molar refractivity (Wildman–Crippen MR) is 79.4 cm³/mol. The fraction of sp³-hybridized carbons (Fsp3) is 0.294. The lowest BCUT2D eigenvalue weighted by molar-refractivity contribution is 0.101. The zero-order chi connectivity index (χ0) is 14.4. The molecule has 0 saturated carbocycles. The van der Waals surface area contributed by atoms with Crippen molar-refractivity contribution >= 4 is 5.78 Å². The highest BCUT2D eigenvalue weighted by Crippen LogP contribution is 2.21. The molecular formula is C17H19NO2. The maximum atomic E-state index is 11.1. The number of unbranched alkanes of at least 4 members (excludes halogenated alkanes) is 1. The van der Waals surface area contributed by atoms with Crippen LogP contribution < -0.4 is 4.74 Å². The Morgan fingerprint density at radius 3 is 2.35 bits per heavy atom. The van der Waals surface area contributed by atoms with Crippen LogP contribution in [0.5, 0.6) is 11.5 Å². The number of benzene rings is 1. The Bertz CT molecular complexity index is 559. The molecule has 3 nitrogen and oxygen atoms in total. The lowest BCUT2D eigenvalue weighted by Crippen LogP contribution is -1.96. The summed E-state index contributed by atoms with van der Waals surface area (Å²) in [4.78, 5) is 15.2. The molecular weight excluding hydrogens is 250 g/mol. The SMILES string of the molecule is CCCCc1ccc(Oc2ccc(C(C)=O)nc2)cc1. The molecule has 0 spiro atoms. The third kappa shape index (κ3) is 3.92. The lowest BCUT2D eigenvalue weighted by Gasteiger charge is -2.06. The van der Waals surface area contributed by atoms with Gasteiger partial charge in [-0.1, -0.05) is 25.5 Å². The number of carbonyl (C=O) groups excluding carboxylic acids is 1. The highest BCUT2D eigenvalue weighted by atomic mass is 16.5. The Morgan fingerprint density at radius 1 is 1.10 bits per heavy atom. The highest BCUT2D eigenvalue weighted by molar-refractivity contribution is 5.92. The van der Waals surface area contributed by atoms with E-state index in [2.05, 4.69) is 24.0 Å². The van der Waals surface area contributed by atoms with Crippen molar-refractivity contribution in [1.82, 2.24) is 4.98 Å². The Morgan fingerprint density at radius 2 is 1.80 bits per heavy atom. The first kappa shape index (κ1) is 14.3. The zero-order valence-corrected chi connectivity index (χ0v) is 11.9. The van der Waals surface area contributed by atoms with E-state index < -0.39 is 0 Å². The molecule has 104 valence electrons. The number of carbonyl (C=O) groups is 1. The summed E-state index contributed by atoms with van der Waals surface area (Å²) in [6.45, 7) is 3.69. The van der Waals surface area contributed by atoms with E-state index in [0.717, 1.165) is 12.2 Å². The normalized spacial score (nSPS) is 10.3. The second-order valence-electron chi connectivity index (χ2n) is 4.78. The first-order chi connectivity index (χ1) is 9.69. The third-order valence-corrected chi connectivity index (χ3v) is 3.08. The van der Waals surface area contributed by atoms with Crippen LogP contribution >= 0.6 is 0 Å². The number of Topliss-reactive ketones (excluding diaryl/α,β-unsaturated/α-hetero) is 1. The van der Waals surface area contributed by atoms with Gasteiger partial charge in [0.15, 0.2) is 5.78 Å². The number of ketones is 1. The monoisotopic (exact) mass is 269 g/mol. The quantitative estimate of drug-likeness (QED) is 0.729. The minimum Gasteiger partial charge on any atom is -0.456 e. The number of aromatic nitrogens is 1. The Hall–Kier alpha value is -2.16. The van der Waals surface area contributed by atoms with Gasteiger partial charge < -0.3 is 4.74 Å². The van der Waals surface area contributed by atoms with Gasteiger partial charge in [0.05, 0.1) is 6.20 Å². The molecule has 0 amide bonds. The second-order valence-corrected chi connectivity index (χ2v) is 4.78. The number of rotatable bonds is 6. The van der Waals surface area contributed by atoms with Gasteiger partial charge >= 0.3 is 0 Å². The van der Waals surface area contributed by atoms with E-state index in [1.165, 1.54) is 25.3 Å². The largest absolute Gasteiger partial charge is 0.456 e. The maximum Gasteiger partial charge on any atom is 0.178 e. The highest BCUT2D eigenvalue weighted by Gasteiger charge is 2.02. The first-order valence-electron chi connectivity index (χ1n) is 6.93. The van der Waals surface area contributed by atoms with E-state index >= 15 is 0 Å². The van der Waals surface area contributed by atoms with E-state index in [1.54, 1.807) is 18.3 Å². The van der Waals surface area contributed by atoms with Crippen LogP contribution in [0.3, 0.4) is 0 Å². The Labute approximate surface area is 119 Å². The van der Waals surface area contributed by atoms with Crippen molar-refractivity contribution in [3.05, 3.63) is 53.9 Å². The van der Waals surface area contributed by atoms with E-state index in [0.29, 0.717) is 11.4 Å². The Balaban J connectivity index is 2.00. The number of hydrogen-bond acceptors (Lipinski definition) is 3.